The van der Waals surface area contributed by atoms with Crippen LogP contribution in [0.25, 0.3) is 0 Å². The second kappa shape index (κ2) is 14.8. The predicted molar refractivity (Wildman–Crippen MR) is 120 cm³/mol. The Bertz CT molecular complexity index is 367. The molecule has 0 saturated heterocycles. The van der Waals surface area contributed by atoms with E-state index in [2.05, 4.69) is 51.1 Å². The molecule has 0 fully saturated rings. The SMILES string of the molecule is CCCCCC[P+](CCCCCC)(CCCCCC)c1ccccc1. The largest absolute Gasteiger partial charge is 0.0939 e. The normalized spacial score (nSPS) is 11.8. The second-order valence-corrected chi connectivity index (χ2v) is 12.0. The van der Waals surface area contributed by atoms with Gasteiger partial charge in [0, 0.05) is 7.26 Å². The van der Waals surface area contributed by atoms with Gasteiger partial charge in [-0.2, -0.15) is 0 Å². The van der Waals surface area contributed by atoms with Crippen LogP contribution in [0, 0.1) is 0 Å². The maximum atomic E-state index is 2.47. The molecule has 0 aliphatic rings. The lowest BCUT2D eigenvalue weighted by atomic mass is 10.2. The maximum Gasteiger partial charge on any atom is 0.0939 e. The third kappa shape index (κ3) is 9.23. The Morgan fingerprint density at radius 1 is 0.520 bits per heavy atom. The summed E-state index contributed by atoms with van der Waals surface area (Å²) in [4.78, 5) is 0. The van der Waals surface area contributed by atoms with Crippen LogP contribution in [-0.2, 0) is 0 Å². The van der Waals surface area contributed by atoms with Gasteiger partial charge in [-0.3, -0.25) is 0 Å². The number of rotatable bonds is 16. The Hall–Kier alpha value is -0.350. The average molecular weight is 364 g/mol. The molecule has 0 aliphatic heterocycles. The molecule has 0 spiro atoms. The molecule has 0 heterocycles. The van der Waals surface area contributed by atoms with Crippen molar-refractivity contribution in [3.63, 3.8) is 0 Å². The highest BCUT2D eigenvalue weighted by Gasteiger charge is 2.38. The molecule has 0 N–H and O–H groups in total. The zero-order valence-corrected chi connectivity index (χ0v) is 18.3. The van der Waals surface area contributed by atoms with Crippen molar-refractivity contribution in [2.45, 2.75) is 97.8 Å². The zero-order valence-electron chi connectivity index (χ0n) is 17.4. The van der Waals surface area contributed by atoms with Gasteiger partial charge in [-0.25, -0.2) is 0 Å². The molecule has 0 unspecified atom stereocenters. The fourth-order valence-corrected chi connectivity index (χ4v) is 8.73. The lowest BCUT2D eigenvalue weighted by molar-refractivity contribution is 0.685. The fraction of sp³-hybridized carbons (Fsp3) is 0.750. The first kappa shape index (κ1) is 22.7. The summed E-state index contributed by atoms with van der Waals surface area (Å²) in [5.74, 6) is 0. The van der Waals surface area contributed by atoms with Crippen molar-refractivity contribution in [2.24, 2.45) is 0 Å². The lowest BCUT2D eigenvalue weighted by Crippen LogP contribution is -2.21. The summed E-state index contributed by atoms with van der Waals surface area (Å²) >= 11 is 0. The monoisotopic (exact) mass is 363 g/mol. The number of hydrogen-bond acceptors (Lipinski definition) is 0. The van der Waals surface area contributed by atoms with Crippen LogP contribution in [0.1, 0.15) is 97.8 Å². The second-order valence-electron chi connectivity index (χ2n) is 7.83. The van der Waals surface area contributed by atoms with E-state index in [1.807, 2.05) is 0 Å². The molecule has 1 aromatic rings. The van der Waals surface area contributed by atoms with E-state index in [1.54, 1.807) is 5.30 Å². The van der Waals surface area contributed by atoms with Crippen LogP contribution < -0.4 is 5.30 Å². The van der Waals surface area contributed by atoms with E-state index in [1.165, 1.54) is 95.5 Å². The third-order valence-corrected chi connectivity index (χ3v) is 10.5. The van der Waals surface area contributed by atoms with Gasteiger partial charge in [0.2, 0.25) is 0 Å². The van der Waals surface area contributed by atoms with Gasteiger partial charge >= 0.3 is 0 Å². The Balaban J connectivity index is 2.82. The Kier molecular flexibility index (Phi) is 13.4. The van der Waals surface area contributed by atoms with E-state index >= 15 is 0 Å². The van der Waals surface area contributed by atoms with Gasteiger partial charge in [-0.1, -0.05) is 77.5 Å². The molecule has 0 bridgehead atoms. The Morgan fingerprint density at radius 3 is 1.28 bits per heavy atom. The highest BCUT2D eigenvalue weighted by atomic mass is 31.2. The topological polar surface area (TPSA) is 0 Å². The van der Waals surface area contributed by atoms with Gasteiger partial charge in [0.1, 0.15) is 0 Å². The fourth-order valence-electron chi connectivity index (χ4n) is 3.99. The predicted octanol–water partition coefficient (Wildman–Crippen LogP) is 8.07. The van der Waals surface area contributed by atoms with Crippen LogP contribution in [0.3, 0.4) is 0 Å². The average Bonchev–Trinajstić information content (AvgIpc) is 2.66. The number of hydrogen-bond donors (Lipinski definition) is 0. The summed E-state index contributed by atoms with van der Waals surface area (Å²) in [5, 5.41) is 1.74. The summed E-state index contributed by atoms with van der Waals surface area (Å²) in [6.07, 6.45) is 21.5. The van der Waals surface area contributed by atoms with Crippen molar-refractivity contribution in [1.82, 2.24) is 0 Å². The summed E-state index contributed by atoms with van der Waals surface area (Å²) in [6, 6.07) is 11.7. The van der Waals surface area contributed by atoms with E-state index in [0.29, 0.717) is 0 Å². The van der Waals surface area contributed by atoms with Crippen LogP contribution in [0.2, 0.25) is 0 Å². The molecule has 144 valence electrons. The molecule has 0 nitrogen and oxygen atoms in total. The summed E-state index contributed by atoms with van der Waals surface area (Å²) in [7, 11) is -0.969. The van der Waals surface area contributed by atoms with E-state index < -0.39 is 7.26 Å². The van der Waals surface area contributed by atoms with Crippen molar-refractivity contribution >= 4 is 12.6 Å². The van der Waals surface area contributed by atoms with E-state index in [4.69, 9.17) is 0 Å². The van der Waals surface area contributed by atoms with Crippen molar-refractivity contribution in [3.05, 3.63) is 30.3 Å². The van der Waals surface area contributed by atoms with Gasteiger partial charge in [-0.15, -0.1) is 0 Å². The van der Waals surface area contributed by atoms with Crippen molar-refractivity contribution in [2.75, 3.05) is 18.5 Å². The standard InChI is InChI=1S/C24H44P/c1-4-7-10-16-21-25(22-17-11-8-5-2,23-18-12-9-6-3)24-19-14-13-15-20-24/h13-15,19-20H,4-12,16-18,21-23H2,1-3H3/q+1. The lowest BCUT2D eigenvalue weighted by Gasteiger charge is -2.28. The van der Waals surface area contributed by atoms with Gasteiger partial charge in [-0.05, 0) is 50.7 Å². The first-order chi connectivity index (χ1) is 12.3. The molecular weight excluding hydrogens is 319 g/mol. The van der Waals surface area contributed by atoms with E-state index in [-0.39, 0.29) is 0 Å². The van der Waals surface area contributed by atoms with Gasteiger partial charge in [0.05, 0.1) is 23.8 Å². The van der Waals surface area contributed by atoms with Gasteiger partial charge in [0.15, 0.2) is 0 Å². The molecule has 0 atom stereocenters. The number of benzene rings is 1. The van der Waals surface area contributed by atoms with Crippen LogP contribution in [0.4, 0.5) is 0 Å². The molecule has 0 aliphatic carbocycles. The molecule has 1 rings (SSSR count). The van der Waals surface area contributed by atoms with E-state index in [9.17, 15) is 0 Å². The zero-order chi connectivity index (χ0) is 18.2. The van der Waals surface area contributed by atoms with Crippen LogP contribution in [0.15, 0.2) is 30.3 Å². The maximum absolute atomic E-state index is 2.47. The first-order valence-corrected chi connectivity index (χ1v) is 13.5. The minimum atomic E-state index is -0.969. The smallest absolute Gasteiger partial charge is 0.0654 e. The third-order valence-electron chi connectivity index (χ3n) is 5.62. The van der Waals surface area contributed by atoms with Gasteiger partial charge in [0.25, 0.3) is 0 Å². The molecule has 0 aromatic heterocycles. The van der Waals surface area contributed by atoms with Gasteiger partial charge < -0.3 is 0 Å². The minimum Gasteiger partial charge on any atom is -0.0654 e. The molecule has 0 radical (unpaired) electrons. The van der Waals surface area contributed by atoms with Crippen LogP contribution in [-0.4, -0.2) is 18.5 Å². The summed E-state index contributed by atoms with van der Waals surface area (Å²) in [5.41, 5.74) is 0. The Morgan fingerprint density at radius 2 is 0.920 bits per heavy atom. The quantitative estimate of drug-likeness (QED) is 0.206. The minimum absolute atomic E-state index is 0.969. The first-order valence-electron chi connectivity index (χ1n) is 11.2. The number of unbranched alkanes of at least 4 members (excludes halogenated alkanes) is 9. The summed E-state index contributed by atoms with van der Waals surface area (Å²) in [6.45, 7) is 6.99. The van der Waals surface area contributed by atoms with Crippen molar-refractivity contribution in [1.29, 1.82) is 0 Å². The van der Waals surface area contributed by atoms with E-state index in [0.717, 1.165) is 0 Å². The molecule has 1 aromatic carbocycles. The molecule has 1 heteroatoms. The van der Waals surface area contributed by atoms with Crippen LogP contribution >= 0.6 is 7.26 Å². The molecular formula is C24H44P+. The highest BCUT2D eigenvalue weighted by molar-refractivity contribution is 7.82. The molecule has 25 heavy (non-hydrogen) atoms. The van der Waals surface area contributed by atoms with Crippen molar-refractivity contribution in [3.8, 4) is 0 Å². The summed E-state index contributed by atoms with van der Waals surface area (Å²) < 4.78 is 0. The van der Waals surface area contributed by atoms with Crippen LogP contribution in [0.5, 0.6) is 0 Å². The molecule has 0 amide bonds. The Labute approximate surface area is 159 Å². The molecule has 0 saturated carbocycles. The van der Waals surface area contributed by atoms with Crippen molar-refractivity contribution < 1.29 is 0 Å². The highest BCUT2D eigenvalue weighted by Crippen LogP contribution is 2.59.